The maximum atomic E-state index is 11.3. The number of likely N-dealkylation sites (N-methyl/N-ethyl adjacent to an activating group) is 1. The quantitative estimate of drug-likeness (QED) is 0.571. The number of benzene rings is 1. The summed E-state index contributed by atoms with van der Waals surface area (Å²) in [4.78, 5) is 22.2. The summed E-state index contributed by atoms with van der Waals surface area (Å²) in [5, 5.41) is 3.39. The van der Waals surface area contributed by atoms with Crippen LogP contribution < -0.4 is 10.1 Å². The van der Waals surface area contributed by atoms with Crippen LogP contribution >= 0.6 is 24.0 Å². The van der Waals surface area contributed by atoms with Crippen molar-refractivity contribution < 1.29 is 9.53 Å². The molecule has 2 aliphatic heterocycles. The van der Waals surface area contributed by atoms with Crippen LogP contribution in [0.3, 0.4) is 0 Å². The molecule has 0 aliphatic carbocycles. The molecule has 3 rings (SSSR count). The van der Waals surface area contributed by atoms with Crippen LogP contribution in [0, 0.1) is 0 Å². The molecule has 28 heavy (non-hydrogen) atoms. The number of ether oxygens (including phenoxy) is 1. The highest BCUT2D eigenvalue weighted by Gasteiger charge is 2.18. The number of nitrogens with zero attached hydrogens (tertiary/aromatic N) is 4. The van der Waals surface area contributed by atoms with Crippen LogP contribution in [0.25, 0.3) is 0 Å². The number of carbonyl (C=O) groups is 1. The molecule has 1 N–H and O–H groups in total. The highest BCUT2D eigenvalue weighted by Crippen LogP contribution is 2.13. The first-order valence-corrected chi connectivity index (χ1v) is 9.81. The second-order valence-corrected chi connectivity index (χ2v) is 7.14. The van der Waals surface area contributed by atoms with E-state index in [4.69, 9.17) is 4.74 Å². The van der Waals surface area contributed by atoms with Crippen LogP contribution in [-0.4, -0.2) is 92.6 Å². The molecule has 2 heterocycles. The van der Waals surface area contributed by atoms with Crippen molar-refractivity contribution in [1.29, 1.82) is 0 Å². The highest BCUT2D eigenvalue weighted by molar-refractivity contribution is 14.0. The molecule has 0 atom stereocenters. The van der Waals surface area contributed by atoms with Gasteiger partial charge in [0.15, 0.2) is 5.96 Å². The average Bonchev–Trinajstić information content (AvgIpc) is 3.08. The lowest BCUT2D eigenvalue weighted by molar-refractivity contribution is -0.130. The van der Waals surface area contributed by atoms with E-state index in [9.17, 15) is 4.79 Å². The number of hydrogen-bond acceptors (Lipinski definition) is 6. The molecule has 8 heteroatoms. The van der Waals surface area contributed by atoms with Crippen LogP contribution in [0.2, 0.25) is 0 Å². The predicted octanol–water partition coefficient (Wildman–Crippen LogP) is 1.28. The number of nitrogens with one attached hydrogen (secondary N) is 1. The van der Waals surface area contributed by atoms with Gasteiger partial charge in [0.25, 0.3) is 0 Å². The van der Waals surface area contributed by atoms with Gasteiger partial charge in [-0.1, -0.05) is 12.1 Å². The fourth-order valence-electron chi connectivity index (χ4n) is 3.37. The fourth-order valence-corrected chi connectivity index (χ4v) is 3.37. The summed E-state index contributed by atoms with van der Waals surface area (Å²) in [6.07, 6.45) is 0.966. The monoisotopic (exact) mass is 501 g/mol. The van der Waals surface area contributed by atoms with E-state index in [1.54, 1.807) is 6.92 Å². The molecule has 156 valence electrons. The Morgan fingerprint density at radius 1 is 1.14 bits per heavy atom. The van der Waals surface area contributed by atoms with Gasteiger partial charge in [-0.05, 0) is 24.1 Å². The van der Waals surface area contributed by atoms with Crippen molar-refractivity contribution in [3.8, 4) is 5.75 Å². The predicted molar refractivity (Wildman–Crippen MR) is 123 cm³/mol. The van der Waals surface area contributed by atoms with Gasteiger partial charge < -0.3 is 19.9 Å². The van der Waals surface area contributed by atoms with Crippen molar-refractivity contribution in [3.05, 3.63) is 29.8 Å². The van der Waals surface area contributed by atoms with Gasteiger partial charge in [0.2, 0.25) is 5.91 Å². The molecule has 0 spiro atoms. The summed E-state index contributed by atoms with van der Waals surface area (Å²) >= 11 is 0. The van der Waals surface area contributed by atoms with Crippen molar-refractivity contribution in [2.45, 2.75) is 13.3 Å². The molecule has 0 bridgehead atoms. The van der Waals surface area contributed by atoms with Crippen LogP contribution in [0.4, 0.5) is 0 Å². The van der Waals surface area contributed by atoms with Gasteiger partial charge in [-0.25, -0.2) is 0 Å². The molecule has 0 unspecified atom stereocenters. The number of piperazine rings is 1. The Morgan fingerprint density at radius 3 is 2.46 bits per heavy atom. The molecule has 2 aliphatic rings. The van der Waals surface area contributed by atoms with Gasteiger partial charge in [0.05, 0.1) is 6.54 Å². The maximum absolute atomic E-state index is 11.3. The Bertz CT molecular complexity index is 645. The minimum Gasteiger partial charge on any atom is -0.492 e. The normalized spacial score (nSPS) is 17.1. The minimum atomic E-state index is 0. The van der Waals surface area contributed by atoms with E-state index in [1.165, 1.54) is 5.56 Å². The molecule has 1 amide bonds. The molecule has 1 aromatic carbocycles. The summed E-state index contributed by atoms with van der Waals surface area (Å²) in [6.45, 7) is 9.47. The van der Waals surface area contributed by atoms with Crippen LogP contribution in [0.1, 0.15) is 12.5 Å². The minimum absolute atomic E-state index is 0. The molecule has 1 saturated heterocycles. The Balaban J connectivity index is 0.00000280. The third-order valence-electron chi connectivity index (χ3n) is 5.17. The molecule has 1 fully saturated rings. The van der Waals surface area contributed by atoms with Gasteiger partial charge in [-0.15, -0.1) is 24.0 Å². The molecular weight excluding hydrogens is 469 g/mol. The molecule has 0 saturated carbocycles. The zero-order chi connectivity index (χ0) is 19.1. The Hall–Kier alpha value is -1.55. The summed E-state index contributed by atoms with van der Waals surface area (Å²) in [6, 6.07) is 8.34. The van der Waals surface area contributed by atoms with E-state index in [0.29, 0.717) is 6.61 Å². The zero-order valence-corrected chi connectivity index (χ0v) is 19.2. The molecular formula is C20H32IN5O2. The van der Waals surface area contributed by atoms with Crippen LogP contribution in [-0.2, 0) is 11.2 Å². The SMILES string of the molecule is CC(=O)N1CCN(CCOc2ccc(CCNC3=NCCN3C)cc2)CC1.I. The van der Waals surface area contributed by atoms with Crippen molar-refractivity contribution in [2.24, 2.45) is 4.99 Å². The van der Waals surface area contributed by atoms with Gasteiger partial charge in [0.1, 0.15) is 12.4 Å². The standard InChI is InChI=1S/C20H31N5O2.HI/c1-17(26)25-13-11-24(12-14-25)15-16-27-19-5-3-18(4-6-19)7-8-21-20-22-9-10-23(20)2;/h3-6H,7-16H2,1-2H3,(H,21,22);1H. The van der Waals surface area contributed by atoms with Gasteiger partial charge >= 0.3 is 0 Å². The smallest absolute Gasteiger partial charge is 0.219 e. The summed E-state index contributed by atoms with van der Waals surface area (Å²) in [7, 11) is 2.06. The first-order valence-electron chi connectivity index (χ1n) is 9.81. The third-order valence-corrected chi connectivity index (χ3v) is 5.17. The van der Waals surface area contributed by atoms with Gasteiger partial charge in [0, 0.05) is 59.8 Å². The van der Waals surface area contributed by atoms with Crippen molar-refractivity contribution in [3.63, 3.8) is 0 Å². The van der Waals surface area contributed by atoms with E-state index >= 15 is 0 Å². The second-order valence-electron chi connectivity index (χ2n) is 7.14. The Morgan fingerprint density at radius 2 is 1.86 bits per heavy atom. The van der Waals surface area contributed by atoms with Crippen molar-refractivity contribution in [2.75, 3.05) is 66.0 Å². The van der Waals surface area contributed by atoms with E-state index in [0.717, 1.165) is 70.5 Å². The van der Waals surface area contributed by atoms with Gasteiger partial charge in [-0.3, -0.25) is 14.7 Å². The van der Waals surface area contributed by atoms with Gasteiger partial charge in [-0.2, -0.15) is 0 Å². The Labute approximate surface area is 185 Å². The van der Waals surface area contributed by atoms with E-state index in [1.807, 2.05) is 17.0 Å². The molecule has 7 nitrogen and oxygen atoms in total. The summed E-state index contributed by atoms with van der Waals surface area (Å²) in [5.41, 5.74) is 1.29. The first kappa shape index (κ1) is 22.7. The number of rotatable bonds is 7. The fraction of sp³-hybridized carbons (Fsp3) is 0.600. The summed E-state index contributed by atoms with van der Waals surface area (Å²) < 4.78 is 5.87. The number of aliphatic imine (C=N–C) groups is 1. The summed E-state index contributed by atoms with van der Waals surface area (Å²) in [5.74, 6) is 2.08. The number of amides is 1. The topological polar surface area (TPSA) is 60.4 Å². The van der Waals surface area contributed by atoms with E-state index in [-0.39, 0.29) is 29.9 Å². The molecule has 1 aromatic rings. The number of guanidine groups is 1. The number of hydrogen-bond donors (Lipinski definition) is 1. The highest BCUT2D eigenvalue weighted by atomic mass is 127. The number of halogens is 1. The number of carbonyl (C=O) groups excluding carboxylic acids is 1. The average molecular weight is 501 g/mol. The van der Waals surface area contributed by atoms with Crippen molar-refractivity contribution >= 4 is 35.8 Å². The lowest BCUT2D eigenvalue weighted by atomic mass is 10.1. The zero-order valence-electron chi connectivity index (χ0n) is 16.9. The maximum Gasteiger partial charge on any atom is 0.219 e. The molecule has 0 aromatic heterocycles. The van der Waals surface area contributed by atoms with Crippen molar-refractivity contribution in [1.82, 2.24) is 20.0 Å². The largest absolute Gasteiger partial charge is 0.492 e. The second kappa shape index (κ2) is 11.5. The molecule has 0 radical (unpaired) electrons. The van der Waals surface area contributed by atoms with E-state index in [2.05, 4.69) is 39.3 Å². The van der Waals surface area contributed by atoms with Crippen LogP contribution in [0.15, 0.2) is 29.3 Å². The third kappa shape index (κ3) is 6.80. The first-order chi connectivity index (χ1) is 13.1. The van der Waals surface area contributed by atoms with Crippen LogP contribution in [0.5, 0.6) is 5.75 Å². The lowest BCUT2D eigenvalue weighted by Crippen LogP contribution is -2.48. The Kier molecular flexibility index (Phi) is 9.30. The van der Waals surface area contributed by atoms with E-state index < -0.39 is 0 Å². The lowest BCUT2D eigenvalue weighted by Gasteiger charge is -2.34.